The first-order valence-corrected chi connectivity index (χ1v) is 7.41. The molecule has 96 valence electrons. The molecule has 0 saturated heterocycles. The van der Waals surface area contributed by atoms with Crippen LogP contribution in [0, 0.1) is 17.8 Å². The van der Waals surface area contributed by atoms with E-state index in [1.807, 2.05) is 0 Å². The predicted molar refractivity (Wildman–Crippen MR) is 74.7 cm³/mol. The topological polar surface area (TPSA) is 24.7 Å². The van der Waals surface area contributed by atoms with E-state index >= 15 is 0 Å². The summed E-state index contributed by atoms with van der Waals surface area (Å²) in [5.74, 6) is 2.31. The Bertz CT molecular complexity index is 256. The van der Waals surface area contributed by atoms with Crippen molar-refractivity contribution in [3.05, 3.63) is 0 Å². The summed E-state index contributed by atoms with van der Waals surface area (Å²) in [7, 11) is 0. The molecule has 0 unspecified atom stereocenters. The van der Waals surface area contributed by atoms with Crippen LogP contribution in [-0.4, -0.2) is 12.4 Å². The standard InChI is InChI=1S/C15H26N2/c1-13-7-9-15(10-8-13)12-17-16-11-14-5-3-2-4-6-14/h11-15H,2-10H2,1H3/b16-11+,17-12+. The Labute approximate surface area is 106 Å². The van der Waals surface area contributed by atoms with Crippen molar-refractivity contribution in [3.63, 3.8) is 0 Å². The van der Waals surface area contributed by atoms with Gasteiger partial charge in [0.15, 0.2) is 0 Å². The summed E-state index contributed by atoms with van der Waals surface area (Å²) in [6.07, 6.45) is 16.3. The van der Waals surface area contributed by atoms with Crippen molar-refractivity contribution in [2.75, 3.05) is 0 Å². The summed E-state index contributed by atoms with van der Waals surface area (Å²) in [5, 5.41) is 8.51. The molecule has 2 aliphatic rings. The Morgan fingerprint density at radius 3 is 1.82 bits per heavy atom. The zero-order chi connectivity index (χ0) is 11.9. The lowest BCUT2D eigenvalue weighted by molar-refractivity contribution is 0.347. The summed E-state index contributed by atoms with van der Waals surface area (Å²) < 4.78 is 0. The van der Waals surface area contributed by atoms with E-state index in [0.29, 0.717) is 11.8 Å². The third-order valence-corrected chi connectivity index (χ3v) is 4.33. The van der Waals surface area contributed by atoms with E-state index in [0.717, 1.165) is 5.92 Å². The highest BCUT2D eigenvalue weighted by molar-refractivity contribution is 5.64. The molecule has 0 radical (unpaired) electrons. The van der Waals surface area contributed by atoms with Gasteiger partial charge in [0.2, 0.25) is 0 Å². The smallest absolute Gasteiger partial charge is 0.0301 e. The van der Waals surface area contributed by atoms with E-state index in [1.165, 1.54) is 57.8 Å². The van der Waals surface area contributed by atoms with Gasteiger partial charge in [-0.3, -0.25) is 0 Å². The van der Waals surface area contributed by atoms with Crippen molar-refractivity contribution in [2.45, 2.75) is 64.7 Å². The third-order valence-electron chi connectivity index (χ3n) is 4.33. The van der Waals surface area contributed by atoms with Gasteiger partial charge >= 0.3 is 0 Å². The van der Waals surface area contributed by atoms with Crippen molar-refractivity contribution < 1.29 is 0 Å². The summed E-state index contributed by atoms with van der Waals surface area (Å²) in [5.41, 5.74) is 0. The van der Waals surface area contributed by atoms with Gasteiger partial charge in [-0.2, -0.15) is 10.2 Å². The van der Waals surface area contributed by atoms with E-state index in [1.54, 1.807) is 0 Å². The first kappa shape index (κ1) is 12.8. The summed E-state index contributed by atoms with van der Waals surface area (Å²) in [4.78, 5) is 0. The lowest BCUT2D eigenvalue weighted by atomic mass is 9.84. The molecule has 0 amide bonds. The lowest BCUT2D eigenvalue weighted by Gasteiger charge is -2.22. The minimum Gasteiger partial charge on any atom is -0.164 e. The average molecular weight is 234 g/mol. The summed E-state index contributed by atoms with van der Waals surface area (Å²) in [6.45, 7) is 2.36. The number of hydrogen-bond acceptors (Lipinski definition) is 2. The van der Waals surface area contributed by atoms with Gasteiger partial charge in [0, 0.05) is 12.4 Å². The Morgan fingerprint density at radius 1 is 0.706 bits per heavy atom. The Balaban J connectivity index is 1.67. The zero-order valence-electron chi connectivity index (χ0n) is 11.1. The molecule has 2 rings (SSSR count). The molecule has 0 N–H and O–H groups in total. The van der Waals surface area contributed by atoms with Gasteiger partial charge in [0.05, 0.1) is 0 Å². The molecule has 2 aliphatic carbocycles. The highest BCUT2D eigenvalue weighted by atomic mass is 15.2. The molecule has 0 aromatic rings. The minimum atomic E-state index is 0.690. The number of hydrogen-bond donors (Lipinski definition) is 0. The van der Waals surface area contributed by atoms with Crippen LogP contribution in [0.25, 0.3) is 0 Å². The second kappa shape index (κ2) is 6.93. The molecule has 0 aromatic heterocycles. The van der Waals surface area contributed by atoms with Gasteiger partial charge in [0.1, 0.15) is 0 Å². The zero-order valence-corrected chi connectivity index (χ0v) is 11.1. The molecule has 2 heteroatoms. The molecule has 2 nitrogen and oxygen atoms in total. The van der Waals surface area contributed by atoms with Gasteiger partial charge in [-0.15, -0.1) is 0 Å². The largest absolute Gasteiger partial charge is 0.164 e. The normalized spacial score (nSPS) is 32.5. The second-order valence-corrected chi connectivity index (χ2v) is 5.95. The predicted octanol–water partition coefficient (Wildman–Crippen LogP) is 4.45. The molecule has 17 heavy (non-hydrogen) atoms. The Kier molecular flexibility index (Phi) is 5.21. The monoisotopic (exact) mass is 234 g/mol. The fourth-order valence-corrected chi connectivity index (χ4v) is 2.98. The van der Waals surface area contributed by atoms with E-state index in [2.05, 4.69) is 29.6 Å². The summed E-state index contributed by atoms with van der Waals surface area (Å²) in [6, 6.07) is 0. The van der Waals surface area contributed by atoms with Crippen molar-refractivity contribution in [1.82, 2.24) is 0 Å². The van der Waals surface area contributed by atoms with Gasteiger partial charge < -0.3 is 0 Å². The number of nitrogens with zero attached hydrogens (tertiary/aromatic N) is 2. The molecular weight excluding hydrogens is 208 g/mol. The van der Waals surface area contributed by atoms with Crippen molar-refractivity contribution in [3.8, 4) is 0 Å². The summed E-state index contributed by atoms with van der Waals surface area (Å²) >= 11 is 0. The second-order valence-electron chi connectivity index (χ2n) is 5.95. The first-order chi connectivity index (χ1) is 8.34. The fourth-order valence-electron chi connectivity index (χ4n) is 2.98. The van der Waals surface area contributed by atoms with Gasteiger partial charge in [-0.1, -0.05) is 39.0 Å². The van der Waals surface area contributed by atoms with Crippen LogP contribution in [0.5, 0.6) is 0 Å². The van der Waals surface area contributed by atoms with Crippen LogP contribution < -0.4 is 0 Å². The molecule has 0 bridgehead atoms. The Morgan fingerprint density at radius 2 is 1.24 bits per heavy atom. The third kappa shape index (κ3) is 4.61. The fraction of sp³-hybridized carbons (Fsp3) is 0.867. The molecule has 2 saturated carbocycles. The first-order valence-electron chi connectivity index (χ1n) is 7.41. The van der Waals surface area contributed by atoms with Gasteiger partial charge in [-0.05, 0) is 43.4 Å². The van der Waals surface area contributed by atoms with Crippen molar-refractivity contribution in [1.29, 1.82) is 0 Å². The van der Waals surface area contributed by atoms with Crippen LogP contribution in [0.1, 0.15) is 64.7 Å². The highest BCUT2D eigenvalue weighted by Crippen LogP contribution is 2.27. The van der Waals surface area contributed by atoms with Crippen molar-refractivity contribution >= 4 is 12.4 Å². The van der Waals surface area contributed by atoms with Crippen LogP contribution in [0.2, 0.25) is 0 Å². The van der Waals surface area contributed by atoms with E-state index in [-0.39, 0.29) is 0 Å². The average Bonchev–Trinajstić information content (AvgIpc) is 2.38. The molecule has 2 fully saturated rings. The molecular formula is C15H26N2. The van der Waals surface area contributed by atoms with Gasteiger partial charge in [0.25, 0.3) is 0 Å². The van der Waals surface area contributed by atoms with Gasteiger partial charge in [-0.25, -0.2) is 0 Å². The molecule has 0 spiro atoms. The maximum absolute atomic E-state index is 4.26. The molecule has 0 aromatic carbocycles. The quantitative estimate of drug-likeness (QED) is 0.509. The van der Waals surface area contributed by atoms with Crippen LogP contribution in [0.3, 0.4) is 0 Å². The van der Waals surface area contributed by atoms with E-state index < -0.39 is 0 Å². The SMILES string of the molecule is CC1CCC(/C=N/N=C/C2CCCCC2)CC1. The van der Waals surface area contributed by atoms with Crippen LogP contribution >= 0.6 is 0 Å². The van der Waals surface area contributed by atoms with Crippen LogP contribution in [-0.2, 0) is 0 Å². The maximum atomic E-state index is 4.26. The lowest BCUT2D eigenvalue weighted by Crippen LogP contribution is -2.13. The van der Waals surface area contributed by atoms with E-state index in [4.69, 9.17) is 0 Å². The molecule has 0 heterocycles. The highest BCUT2D eigenvalue weighted by Gasteiger charge is 2.16. The molecule has 0 atom stereocenters. The van der Waals surface area contributed by atoms with Crippen LogP contribution in [0.4, 0.5) is 0 Å². The Hall–Kier alpha value is -0.660. The van der Waals surface area contributed by atoms with E-state index in [9.17, 15) is 0 Å². The minimum absolute atomic E-state index is 0.690. The van der Waals surface area contributed by atoms with Crippen LogP contribution in [0.15, 0.2) is 10.2 Å². The number of rotatable bonds is 3. The molecule has 0 aliphatic heterocycles. The van der Waals surface area contributed by atoms with Crippen molar-refractivity contribution in [2.24, 2.45) is 28.0 Å². The maximum Gasteiger partial charge on any atom is 0.0301 e.